The van der Waals surface area contributed by atoms with Gasteiger partial charge in [-0.3, -0.25) is 9.10 Å². The van der Waals surface area contributed by atoms with E-state index in [4.69, 9.17) is 14.2 Å². The smallest absolute Gasteiger partial charge is 0.264 e. The van der Waals surface area contributed by atoms with E-state index in [-0.39, 0.29) is 30.0 Å². The lowest BCUT2D eigenvalue weighted by Crippen LogP contribution is -2.51. The summed E-state index contributed by atoms with van der Waals surface area (Å²) in [7, 11) is -2.45. The second-order valence-corrected chi connectivity index (χ2v) is 12.0. The highest BCUT2D eigenvalue weighted by Crippen LogP contribution is 2.38. The van der Waals surface area contributed by atoms with E-state index in [1.54, 1.807) is 24.3 Å². The van der Waals surface area contributed by atoms with Crippen LogP contribution in [0.15, 0.2) is 71.6 Å². The Morgan fingerprint density at radius 2 is 1.79 bits per heavy atom. The number of carbonyl (C=O) groups is 1. The second-order valence-electron chi connectivity index (χ2n) is 10.2. The Hall–Kier alpha value is -3.72. The van der Waals surface area contributed by atoms with E-state index in [2.05, 4.69) is 26.1 Å². The highest BCUT2D eigenvalue weighted by molar-refractivity contribution is 7.92. The lowest BCUT2D eigenvalue weighted by atomic mass is 9.86. The maximum Gasteiger partial charge on any atom is 0.264 e. The number of carbonyl (C=O) groups excluding carboxylic acids is 1. The number of rotatable bonds is 8. The van der Waals surface area contributed by atoms with E-state index in [9.17, 15) is 13.2 Å². The number of ether oxygens (including phenoxy) is 3. The van der Waals surface area contributed by atoms with Crippen LogP contribution >= 0.6 is 0 Å². The van der Waals surface area contributed by atoms with Crippen molar-refractivity contribution in [1.82, 2.24) is 5.32 Å². The molecule has 202 valence electrons. The van der Waals surface area contributed by atoms with E-state index < -0.39 is 22.0 Å². The molecule has 0 spiro atoms. The first-order valence-electron chi connectivity index (χ1n) is 12.4. The summed E-state index contributed by atoms with van der Waals surface area (Å²) in [4.78, 5) is 13.2. The normalized spacial score (nSPS) is 15.3. The average molecular weight is 539 g/mol. The van der Waals surface area contributed by atoms with Gasteiger partial charge in [-0.05, 0) is 65.9 Å². The van der Waals surface area contributed by atoms with Crippen molar-refractivity contribution in [2.75, 3.05) is 31.1 Å². The van der Waals surface area contributed by atoms with Gasteiger partial charge in [0.25, 0.3) is 15.9 Å². The third-order valence-corrected chi connectivity index (χ3v) is 8.07. The summed E-state index contributed by atoms with van der Waals surface area (Å²) in [6.07, 6.45) is -1.03. The molecule has 1 aliphatic heterocycles. The van der Waals surface area contributed by atoms with Crippen LogP contribution in [0.2, 0.25) is 0 Å². The van der Waals surface area contributed by atoms with Crippen molar-refractivity contribution >= 4 is 21.6 Å². The van der Waals surface area contributed by atoms with E-state index >= 15 is 0 Å². The van der Waals surface area contributed by atoms with Gasteiger partial charge in [-0.1, -0.05) is 45.0 Å². The Labute approximate surface area is 224 Å². The SMILES string of the molecule is COc1ccc(S(=O)(=O)N2CC(C(=O)NCCOc3ccccc3C(C)(C)C)Oc3ccc(C)cc32)cc1. The number of aryl methyl sites for hydroxylation is 1. The Morgan fingerprint density at radius 1 is 1.08 bits per heavy atom. The van der Waals surface area contributed by atoms with Crippen molar-refractivity contribution in [1.29, 1.82) is 0 Å². The topological polar surface area (TPSA) is 94.2 Å². The van der Waals surface area contributed by atoms with Crippen LogP contribution in [0.5, 0.6) is 17.2 Å². The lowest BCUT2D eigenvalue weighted by Gasteiger charge is -2.35. The summed E-state index contributed by atoms with van der Waals surface area (Å²) < 4.78 is 45.6. The largest absolute Gasteiger partial charge is 0.497 e. The van der Waals surface area contributed by atoms with Gasteiger partial charge in [0, 0.05) is 0 Å². The standard InChI is InChI=1S/C29H34N2O6S/c1-20-10-15-26-24(18-20)31(38(33,34)22-13-11-21(35-5)12-14-22)19-27(37-26)28(32)30-16-17-36-25-9-7-6-8-23(25)29(2,3)4/h6-15,18,27H,16-17,19H2,1-5H3,(H,30,32). The molecule has 3 aromatic carbocycles. The van der Waals surface area contributed by atoms with Gasteiger partial charge >= 0.3 is 0 Å². The van der Waals surface area contributed by atoms with Crippen LogP contribution in [-0.2, 0) is 20.2 Å². The molecule has 0 bridgehead atoms. The maximum atomic E-state index is 13.6. The molecule has 1 amide bonds. The van der Waals surface area contributed by atoms with E-state index in [0.29, 0.717) is 17.2 Å². The summed E-state index contributed by atoms with van der Waals surface area (Å²) in [6, 6.07) is 19.2. The monoisotopic (exact) mass is 538 g/mol. The molecule has 1 atom stereocenters. The molecule has 9 heteroatoms. The number of fused-ring (bicyclic) bond motifs is 1. The fourth-order valence-electron chi connectivity index (χ4n) is 4.26. The minimum absolute atomic E-state index is 0.0830. The van der Waals surface area contributed by atoms with Crippen LogP contribution in [0.1, 0.15) is 31.9 Å². The van der Waals surface area contributed by atoms with Crippen molar-refractivity contribution in [3.8, 4) is 17.2 Å². The highest BCUT2D eigenvalue weighted by atomic mass is 32.2. The van der Waals surface area contributed by atoms with Gasteiger partial charge in [0.15, 0.2) is 6.10 Å². The van der Waals surface area contributed by atoms with Crippen molar-refractivity contribution in [3.63, 3.8) is 0 Å². The number of para-hydroxylation sites is 1. The average Bonchev–Trinajstić information content (AvgIpc) is 2.90. The summed E-state index contributed by atoms with van der Waals surface area (Å²) in [5.74, 6) is 1.23. The minimum atomic E-state index is -3.97. The van der Waals surface area contributed by atoms with Crippen LogP contribution in [-0.4, -0.2) is 47.2 Å². The number of methoxy groups -OCH3 is 1. The third kappa shape index (κ3) is 5.88. The van der Waals surface area contributed by atoms with Crippen LogP contribution < -0.4 is 23.8 Å². The Kier molecular flexibility index (Phi) is 7.87. The van der Waals surface area contributed by atoms with Crippen LogP contribution in [0, 0.1) is 6.92 Å². The van der Waals surface area contributed by atoms with Crippen LogP contribution in [0.4, 0.5) is 5.69 Å². The molecular formula is C29H34N2O6S. The zero-order chi connectivity index (χ0) is 27.5. The molecular weight excluding hydrogens is 504 g/mol. The fourth-order valence-corrected chi connectivity index (χ4v) is 5.73. The van der Waals surface area contributed by atoms with E-state index in [0.717, 1.165) is 16.9 Å². The zero-order valence-corrected chi connectivity index (χ0v) is 23.2. The van der Waals surface area contributed by atoms with Crippen molar-refractivity contribution in [2.24, 2.45) is 0 Å². The zero-order valence-electron chi connectivity index (χ0n) is 22.4. The first-order chi connectivity index (χ1) is 18.0. The first kappa shape index (κ1) is 27.3. The molecule has 3 aromatic rings. The molecule has 1 N–H and O–H groups in total. The summed E-state index contributed by atoms with van der Waals surface area (Å²) >= 11 is 0. The van der Waals surface area contributed by atoms with Gasteiger partial charge in [0.1, 0.15) is 23.9 Å². The molecule has 0 radical (unpaired) electrons. The van der Waals surface area contributed by atoms with Gasteiger partial charge in [-0.2, -0.15) is 0 Å². The molecule has 38 heavy (non-hydrogen) atoms. The van der Waals surface area contributed by atoms with Gasteiger partial charge in [-0.25, -0.2) is 8.42 Å². The molecule has 0 aliphatic carbocycles. The predicted molar refractivity (Wildman–Crippen MR) is 147 cm³/mol. The quantitative estimate of drug-likeness (QED) is 0.426. The maximum absolute atomic E-state index is 13.6. The van der Waals surface area contributed by atoms with Gasteiger partial charge in [0.05, 0.1) is 30.8 Å². The molecule has 1 heterocycles. The molecule has 1 unspecified atom stereocenters. The molecule has 0 aromatic heterocycles. The summed E-state index contributed by atoms with van der Waals surface area (Å²) in [5, 5.41) is 2.82. The Bertz CT molecular complexity index is 1400. The summed E-state index contributed by atoms with van der Waals surface area (Å²) in [5.41, 5.74) is 2.26. The number of nitrogens with zero attached hydrogens (tertiary/aromatic N) is 1. The van der Waals surface area contributed by atoms with Crippen molar-refractivity contribution in [2.45, 2.75) is 44.1 Å². The lowest BCUT2D eigenvalue weighted by molar-refractivity contribution is -0.127. The summed E-state index contributed by atoms with van der Waals surface area (Å²) in [6.45, 7) is 8.55. The van der Waals surface area contributed by atoms with Crippen molar-refractivity contribution < 1.29 is 27.4 Å². The number of hydrogen-bond donors (Lipinski definition) is 1. The number of sulfonamides is 1. The Balaban J connectivity index is 1.48. The Morgan fingerprint density at radius 3 is 2.47 bits per heavy atom. The van der Waals surface area contributed by atoms with Crippen LogP contribution in [0.25, 0.3) is 0 Å². The highest BCUT2D eigenvalue weighted by Gasteiger charge is 2.37. The molecule has 4 rings (SSSR count). The third-order valence-electron chi connectivity index (χ3n) is 6.28. The van der Waals surface area contributed by atoms with Gasteiger partial charge in [0.2, 0.25) is 0 Å². The minimum Gasteiger partial charge on any atom is -0.497 e. The number of benzene rings is 3. The number of amides is 1. The predicted octanol–water partition coefficient (Wildman–Crippen LogP) is 4.45. The van der Waals surface area contributed by atoms with E-state index in [1.807, 2.05) is 37.3 Å². The van der Waals surface area contributed by atoms with Crippen molar-refractivity contribution in [3.05, 3.63) is 77.9 Å². The number of nitrogens with one attached hydrogen (secondary N) is 1. The van der Waals surface area contributed by atoms with Crippen LogP contribution in [0.3, 0.4) is 0 Å². The molecule has 1 aliphatic rings. The van der Waals surface area contributed by atoms with Gasteiger partial charge in [-0.15, -0.1) is 0 Å². The van der Waals surface area contributed by atoms with E-state index in [1.165, 1.54) is 23.5 Å². The fraction of sp³-hybridized carbons (Fsp3) is 0.345. The second kappa shape index (κ2) is 10.9. The molecule has 0 fully saturated rings. The molecule has 0 saturated heterocycles. The molecule has 0 saturated carbocycles. The first-order valence-corrected chi connectivity index (χ1v) is 13.9. The number of hydrogen-bond acceptors (Lipinski definition) is 6. The van der Waals surface area contributed by atoms with Gasteiger partial charge < -0.3 is 19.5 Å². The number of anilines is 1. The molecule has 8 nitrogen and oxygen atoms in total.